The number of esters is 1. The van der Waals surface area contributed by atoms with E-state index < -0.39 is 5.97 Å². The van der Waals surface area contributed by atoms with E-state index in [0.717, 1.165) is 0 Å². The highest BCUT2D eigenvalue weighted by Crippen LogP contribution is 2.34. The molecule has 0 spiro atoms. The molecule has 4 nitrogen and oxygen atoms in total. The van der Waals surface area contributed by atoms with Crippen LogP contribution in [0.3, 0.4) is 0 Å². The lowest BCUT2D eigenvalue weighted by Crippen LogP contribution is -2.09. The third kappa shape index (κ3) is 2.64. The summed E-state index contributed by atoms with van der Waals surface area (Å²) in [6.45, 7) is 6.25. The van der Waals surface area contributed by atoms with Crippen LogP contribution in [-0.2, 0) is 11.2 Å². The molecular formula is C13H16O4. The zero-order valence-electron chi connectivity index (χ0n) is 10.5. The number of aromatic hydroxyl groups is 1. The normalized spacial score (nSPS) is 10.1. The van der Waals surface area contributed by atoms with Gasteiger partial charge in [0.15, 0.2) is 5.78 Å². The Bertz CT molecular complexity index is 475. The fourth-order valence-electron chi connectivity index (χ4n) is 1.86. The minimum absolute atomic E-state index is 0.0669. The number of phenols is 1. The lowest BCUT2D eigenvalue weighted by atomic mass is 9.97. The van der Waals surface area contributed by atoms with Crippen LogP contribution in [0.2, 0.25) is 0 Å². The molecule has 1 N–H and O–H groups in total. The van der Waals surface area contributed by atoms with Crippen LogP contribution in [0.25, 0.3) is 0 Å². The first-order valence-corrected chi connectivity index (χ1v) is 5.43. The molecule has 0 heterocycles. The molecule has 0 saturated carbocycles. The van der Waals surface area contributed by atoms with Crippen molar-refractivity contribution >= 4 is 11.8 Å². The maximum absolute atomic E-state index is 11.5. The molecule has 4 heteroatoms. The van der Waals surface area contributed by atoms with Gasteiger partial charge in [0.1, 0.15) is 11.5 Å². The fourth-order valence-corrected chi connectivity index (χ4v) is 1.86. The van der Waals surface area contributed by atoms with Gasteiger partial charge in [0.25, 0.3) is 0 Å². The van der Waals surface area contributed by atoms with Crippen LogP contribution in [0, 0.1) is 6.92 Å². The van der Waals surface area contributed by atoms with Gasteiger partial charge in [-0.15, -0.1) is 0 Å². The molecule has 0 fully saturated rings. The van der Waals surface area contributed by atoms with E-state index in [-0.39, 0.29) is 17.1 Å². The van der Waals surface area contributed by atoms with E-state index in [1.54, 1.807) is 6.92 Å². The molecule has 1 rings (SSSR count). The highest BCUT2D eigenvalue weighted by molar-refractivity contribution is 5.99. The van der Waals surface area contributed by atoms with Gasteiger partial charge in [0, 0.05) is 12.5 Å². The first kappa shape index (κ1) is 13.2. The molecule has 0 atom stereocenters. The summed E-state index contributed by atoms with van der Waals surface area (Å²) in [5.74, 6) is -0.374. The first-order valence-electron chi connectivity index (χ1n) is 5.43. The van der Waals surface area contributed by atoms with Gasteiger partial charge < -0.3 is 9.84 Å². The monoisotopic (exact) mass is 236 g/mol. The molecule has 1 aromatic carbocycles. The number of carbonyl (C=O) groups is 2. The number of aryl methyl sites for hydroxylation is 1. The number of rotatable bonds is 3. The summed E-state index contributed by atoms with van der Waals surface area (Å²) >= 11 is 0. The molecule has 0 unspecified atom stereocenters. The fraction of sp³-hybridized carbons (Fsp3) is 0.385. The number of Topliss-reactive ketones (excluding diaryl/α,β-unsaturated/α-hetero) is 1. The zero-order chi connectivity index (χ0) is 13.2. The maximum Gasteiger partial charge on any atom is 0.308 e. The highest BCUT2D eigenvalue weighted by atomic mass is 16.5. The van der Waals surface area contributed by atoms with Crippen LogP contribution in [-0.4, -0.2) is 16.9 Å². The van der Waals surface area contributed by atoms with Crippen molar-refractivity contribution in [3.05, 3.63) is 22.8 Å². The molecule has 17 heavy (non-hydrogen) atoms. The van der Waals surface area contributed by atoms with Crippen LogP contribution in [0.15, 0.2) is 6.07 Å². The van der Waals surface area contributed by atoms with E-state index in [9.17, 15) is 14.7 Å². The van der Waals surface area contributed by atoms with Gasteiger partial charge in [0.05, 0.1) is 5.56 Å². The minimum atomic E-state index is -0.442. The molecule has 0 aliphatic carbocycles. The lowest BCUT2D eigenvalue weighted by molar-refractivity contribution is -0.132. The van der Waals surface area contributed by atoms with E-state index in [1.807, 2.05) is 6.92 Å². The summed E-state index contributed by atoms with van der Waals surface area (Å²) in [5.41, 5.74) is 1.44. The molecular weight excluding hydrogens is 220 g/mol. The lowest BCUT2D eigenvalue weighted by Gasteiger charge is -2.15. The molecule has 92 valence electrons. The molecule has 0 aliphatic heterocycles. The summed E-state index contributed by atoms with van der Waals surface area (Å²) in [6, 6.07) is 1.44. The second kappa shape index (κ2) is 4.99. The average Bonchev–Trinajstić information content (AvgIpc) is 2.20. The number of hydrogen-bond acceptors (Lipinski definition) is 4. The van der Waals surface area contributed by atoms with Crippen molar-refractivity contribution in [2.45, 2.75) is 34.1 Å². The molecule has 1 aromatic rings. The van der Waals surface area contributed by atoms with Crippen LogP contribution in [0.1, 0.15) is 42.3 Å². The van der Waals surface area contributed by atoms with Crippen LogP contribution >= 0.6 is 0 Å². The Hall–Kier alpha value is -1.84. The topological polar surface area (TPSA) is 63.6 Å². The number of ketones is 1. The number of ether oxygens (including phenoxy) is 1. The van der Waals surface area contributed by atoms with Crippen LogP contribution in [0.5, 0.6) is 11.5 Å². The van der Waals surface area contributed by atoms with Crippen molar-refractivity contribution in [3.8, 4) is 11.5 Å². The summed E-state index contributed by atoms with van der Waals surface area (Å²) in [7, 11) is 0. The Morgan fingerprint density at radius 3 is 2.35 bits per heavy atom. The Balaban J connectivity index is 3.52. The van der Waals surface area contributed by atoms with E-state index in [2.05, 4.69) is 0 Å². The number of carbonyl (C=O) groups excluding carboxylic acids is 2. The SMILES string of the molecule is CCc1c(OC(C)=O)c(C)cc(O)c1C(C)=O. The molecule has 0 radical (unpaired) electrons. The molecule has 0 bridgehead atoms. The van der Waals surface area contributed by atoms with Gasteiger partial charge in [-0.1, -0.05) is 6.92 Å². The van der Waals surface area contributed by atoms with Gasteiger partial charge in [-0.05, 0) is 31.9 Å². The van der Waals surface area contributed by atoms with Crippen LogP contribution < -0.4 is 4.74 Å². The van der Waals surface area contributed by atoms with Crippen molar-refractivity contribution in [1.82, 2.24) is 0 Å². The Morgan fingerprint density at radius 2 is 1.94 bits per heavy atom. The van der Waals surface area contributed by atoms with Crippen molar-refractivity contribution in [2.24, 2.45) is 0 Å². The molecule has 0 aromatic heterocycles. The predicted octanol–water partition coefficient (Wildman–Crippen LogP) is 2.39. The Kier molecular flexibility index (Phi) is 3.89. The summed E-state index contributed by atoms with van der Waals surface area (Å²) in [6.07, 6.45) is 0.507. The minimum Gasteiger partial charge on any atom is -0.507 e. The Labute approximate surface area is 100 Å². The Morgan fingerprint density at radius 1 is 1.35 bits per heavy atom. The van der Waals surface area contributed by atoms with Gasteiger partial charge in [-0.2, -0.15) is 0 Å². The predicted molar refractivity (Wildman–Crippen MR) is 63.5 cm³/mol. The standard InChI is InChI=1S/C13H16O4/c1-5-10-12(8(3)14)11(16)6-7(2)13(10)17-9(4)15/h6,16H,5H2,1-4H3. The molecule has 0 amide bonds. The molecule has 0 aliphatic rings. The van der Waals surface area contributed by atoms with Crippen molar-refractivity contribution in [1.29, 1.82) is 0 Å². The number of phenolic OH excluding ortho intramolecular Hbond substituents is 1. The van der Waals surface area contributed by atoms with Gasteiger partial charge in [-0.25, -0.2) is 0 Å². The summed E-state index contributed by atoms with van der Waals surface area (Å²) in [5, 5.41) is 9.77. The number of benzene rings is 1. The second-order valence-electron chi connectivity index (χ2n) is 3.90. The van der Waals surface area contributed by atoms with Crippen LogP contribution in [0.4, 0.5) is 0 Å². The first-order chi connectivity index (χ1) is 7.88. The largest absolute Gasteiger partial charge is 0.507 e. The van der Waals surface area contributed by atoms with Gasteiger partial charge >= 0.3 is 5.97 Å². The quantitative estimate of drug-likeness (QED) is 0.497. The third-order valence-corrected chi connectivity index (χ3v) is 2.49. The average molecular weight is 236 g/mol. The van der Waals surface area contributed by atoms with E-state index >= 15 is 0 Å². The van der Waals surface area contributed by atoms with Gasteiger partial charge in [-0.3, -0.25) is 9.59 Å². The molecule has 0 saturated heterocycles. The van der Waals surface area contributed by atoms with Crippen molar-refractivity contribution < 1.29 is 19.4 Å². The highest BCUT2D eigenvalue weighted by Gasteiger charge is 2.19. The third-order valence-electron chi connectivity index (χ3n) is 2.49. The summed E-state index contributed by atoms with van der Waals surface area (Å²) in [4.78, 5) is 22.5. The zero-order valence-corrected chi connectivity index (χ0v) is 10.5. The number of hydrogen-bond donors (Lipinski definition) is 1. The van der Waals surface area contributed by atoms with E-state index in [4.69, 9.17) is 4.74 Å². The smallest absolute Gasteiger partial charge is 0.308 e. The summed E-state index contributed by atoms with van der Waals surface area (Å²) < 4.78 is 5.11. The van der Waals surface area contributed by atoms with Crippen molar-refractivity contribution in [3.63, 3.8) is 0 Å². The van der Waals surface area contributed by atoms with Crippen molar-refractivity contribution in [2.75, 3.05) is 0 Å². The van der Waals surface area contributed by atoms with E-state index in [0.29, 0.717) is 23.3 Å². The maximum atomic E-state index is 11.5. The van der Waals surface area contributed by atoms with Gasteiger partial charge in [0.2, 0.25) is 0 Å². The van der Waals surface area contributed by atoms with E-state index in [1.165, 1.54) is 19.9 Å². The second-order valence-corrected chi connectivity index (χ2v) is 3.90.